The van der Waals surface area contributed by atoms with E-state index in [0.29, 0.717) is 0 Å². The molecular formula is C58H39N3. The van der Waals surface area contributed by atoms with Gasteiger partial charge in [-0.05, 0) is 98.1 Å². The van der Waals surface area contributed by atoms with Crippen LogP contribution in [0.1, 0.15) is 0 Å². The van der Waals surface area contributed by atoms with E-state index < -0.39 is 0 Å². The second-order valence-corrected chi connectivity index (χ2v) is 15.4. The first-order valence-corrected chi connectivity index (χ1v) is 20.7. The van der Waals surface area contributed by atoms with Crippen molar-refractivity contribution in [2.45, 2.75) is 0 Å². The molecule has 61 heavy (non-hydrogen) atoms. The molecule has 1 aromatic heterocycles. The van der Waals surface area contributed by atoms with Crippen LogP contribution >= 0.6 is 0 Å². The van der Waals surface area contributed by atoms with Gasteiger partial charge in [-0.15, -0.1) is 0 Å². The van der Waals surface area contributed by atoms with Gasteiger partial charge in [-0.1, -0.05) is 188 Å². The molecule has 3 heteroatoms. The van der Waals surface area contributed by atoms with Gasteiger partial charge in [0.25, 0.3) is 0 Å². The topological polar surface area (TPSA) is 29.0 Å². The third kappa shape index (κ3) is 6.88. The minimum absolute atomic E-state index is 0.877. The first kappa shape index (κ1) is 36.0. The first-order valence-electron chi connectivity index (χ1n) is 20.7. The van der Waals surface area contributed by atoms with Crippen LogP contribution in [0.25, 0.3) is 88.5 Å². The van der Waals surface area contributed by atoms with Gasteiger partial charge in [0.15, 0.2) is 0 Å². The Morgan fingerprint density at radius 2 is 0.639 bits per heavy atom. The highest BCUT2D eigenvalue weighted by Crippen LogP contribution is 2.40. The van der Waals surface area contributed by atoms with Crippen molar-refractivity contribution in [3.8, 4) is 55.9 Å². The van der Waals surface area contributed by atoms with Crippen molar-refractivity contribution in [3.63, 3.8) is 0 Å². The smallest absolute Gasteiger partial charge is 0.0979 e. The Balaban J connectivity index is 1.01. The van der Waals surface area contributed by atoms with E-state index >= 15 is 0 Å². The quantitative estimate of drug-likeness (QED) is 0.144. The lowest BCUT2D eigenvalue weighted by Gasteiger charge is -2.26. The monoisotopic (exact) mass is 777 g/mol. The molecular weight excluding hydrogens is 739 g/mol. The molecule has 0 radical (unpaired) electrons. The number of benzene rings is 10. The number of anilines is 3. The van der Waals surface area contributed by atoms with Crippen molar-refractivity contribution in [3.05, 3.63) is 237 Å². The maximum atomic E-state index is 5.47. The Morgan fingerprint density at radius 1 is 0.279 bits per heavy atom. The molecule has 0 aliphatic carbocycles. The number of hydrogen-bond acceptors (Lipinski definition) is 3. The maximum absolute atomic E-state index is 5.47. The molecule has 0 bridgehead atoms. The Kier molecular flexibility index (Phi) is 9.18. The van der Waals surface area contributed by atoms with Gasteiger partial charge < -0.3 is 4.90 Å². The molecule has 0 aliphatic heterocycles. The lowest BCUT2D eigenvalue weighted by Crippen LogP contribution is -2.09. The normalized spacial score (nSPS) is 11.3. The highest BCUT2D eigenvalue weighted by atomic mass is 15.1. The van der Waals surface area contributed by atoms with Crippen LogP contribution in [-0.2, 0) is 0 Å². The third-order valence-corrected chi connectivity index (χ3v) is 11.7. The van der Waals surface area contributed by atoms with Gasteiger partial charge >= 0.3 is 0 Å². The van der Waals surface area contributed by atoms with E-state index in [9.17, 15) is 0 Å². The zero-order valence-corrected chi connectivity index (χ0v) is 33.4. The number of nitrogens with zero attached hydrogens (tertiary/aromatic N) is 3. The fraction of sp³-hybridized carbons (Fsp3) is 0. The summed E-state index contributed by atoms with van der Waals surface area (Å²) in [4.78, 5) is 13.1. The Morgan fingerprint density at radius 3 is 1.13 bits per heavy atom. The molecule has 0 N–H and O–H groups in total. The molecule has 3 nitrogen and oxygen atoms in total. The molecule has 286 valence electrons. The summed E-state index contributed by atoms with van der Waals surface area (Å²) < 4.78 is 0. The lowest BCUT2D eigenvalue weighted by molar-refractivity contribution is 1.28. The van der Waals surface area contributed by atoms with Crippen molar-refractivity contribution < 1.29 is 0 Å². The van der Waals surface area contributed by atoms with Crippen LogP contribution in [0.15, 0.2) is 237 Å². The highest BCUT2D eigenvalue weighted by Gasteiger charge is 2.18. The van der Waals surface area contributed by atoms with Gasteiger partial charge in [0.2, 0.25) is 0 Å². The second-order valence-electron chi connectivity index (χ2n) is 15.4. The van der Waals surface area contributed by atoms with Gasteiger partial charge in [-0.2, -0.15) is 0 Å². The third-order valence-electron chi connectivity index (χ3n) is 11.7. The molecule has 0 fully saturated rings. The summed E-state index contributed by atoms with van der Waals surface area (Å²) in [7, 11) is 0. The zero-order valence-electron chi connectivity index (χ0n) is 33.4. The molecule has 0 spiro atoms. The Bertz CT molecular complexity index is 3210. The molecule has 0 saturated carbocycles. The highest BCUT2D eigenvalue weighted by molar-refractivity contribution is 6.19. The number of fused-ring (bicyclic) bond motifs is 5. The largest absolute Gasteiger partial charge is 0.311 e. The summed E-state index contributed by atoms with van der Waals surface area (Å²) in [5.74, 6) is 0. The molecule has 0 saturated heterocycles. The fourth-order valence-electron chi connectivity index (χ4n) is 8.55. The molecule has 1 heterocycles. The molecule has 0 aliphatic rings. The molecule has 11 aromatic rings. The first-order chi connectivity index (χ1) is 30.2. The van der Waals surface area contributed by atoms with E-state index in [1.54, 1.807) is 0 Å². The number of aromatic nitrogens is 2. The molecule has 0 unspecified atom stereocenters. The fourth-order valence-corrected chi connectivity index (χ4v) is 8.55. The summed E-state index contributed by atoms with van der Waals surface area (Å²) in [5, 5.41) is 4.58. The van der Waals surface area contributed by atoms with Gasteiger partial charge in [0.05, 0.1) is 22.4 Å². The Labute approximate surface area is 355 Å². The summed E-state index contributed by atoms with van der Waals surface area (Å²) in [6.07, 6.45) is 0. The van der Waals surface area contributed by atoms with Crippen LogP contribution in [0.4, 0.5) is 17.1 Å². The van der Waals surface area contributed by atoms with Crippen LogP contribution in [-0.4, -0.2) is 9.97 Å². The van der Waals surface area contributed by atoms with Gasteiger partial charge in [0, 0.05) is 33.6 Å². The van der Waals surface area contributed by atoms with Crippen molar-refractivity contribution >= 4 is 49.6 Å². The van der Waals surface area contributed by atoms with Crippen molar-refractivity contribution in [2.24, 2.45) is 0 Å². The standard InChI is InChI=1S/C58H39N3/c1-5-13-40(14-6-1)42-25-32-50(33-26-42)61(51-34-27-43(28-35-51)41-15-7-2-8-16-41)52-36-29-44(30-37-52)49-24-22-45-21-23-46-31-38-54-58(55(46)53(45)39-49)60-57(48-19-11-4-12-20-48)56(59-54)47-17-9-3-10-18-47/h1-39H. The van der Waals surface area contributed by atoms with Gasteiger partial charge in [-0.25, -0.2) is 9.97 Å². The van der Waals surface area contributed by atoms with Gasteiger partial charge in [0.1, 0.15) is 0 Å². The zero-order chi connectivity index (χ0) is 40.5. The molecule has 11 rings (SSSR count). The molecule has 10 aromatic carbocycles. The lowest BCUT2D eigenvalue weighted by atomic mass is 9.95. The van der Waals surface area contributed by atoms with Crippen LogP contribution in [0, 0.1) is 0 Å². The predicted molar refractivity (Wildman–Crippen MR) is 256 cm³/mol. The van der Waals surface area contributed by atoms with E-state index in [1.807, 2.05) is 12.1 Å². The van der Waals surface area contributed by atoms with Crippen LogP contribution < -0.4 is 4.90 Å². The molecule has 0 amide bonds. The number of rotatable bonds is 8. The van der Waals surface area contributed by atoms with Crippen LogP contribution in [0.5, 0.6) is 0 Å². The van der Waals surface area contributed by atoms with Crippen molar-refractivity contribution in [1.82, 2.24) is 9.97 Å². The molecule has 0 atom stereocenters. The SMILES string of the molecule is c1ccc(-c2ccc(N(c3ccc(-c4ccccc4)cc3)c3ccc(-c4ccc5ccc6ccc7nc(-c8ccccc8)c(-c8ccccc8)nc7c6c5c4)cc3)cc2)cc1. The summed E-state index contributed by atoms with van der Waals surface area (Å²) >= 11 is 0. The van der Waals surface area contributed by atoms with E-state index in [-0.39, 0.29) is 0 Å². The summed E-state index contributed by atoms with van der Waals surface area (Å²) in [5.41, 5.74) is 16.0. The van der Waals surface area contributed by atoms with E-state index in [4.69, 9.17) is 9.97 Å². The predicted octanol–water partition coefficient (Wildman–Crippen LogP) is 15.7. The van der Waals surface area contributed by atoms with E-state index in [0.717, 1.165) is 77.9 Å². The van der Waals surface area contributed by atoms with Crippen molar-refractivity contribution in [1.29, 1.82) is 0 Å². The van der Waals surface area contributed by atoms with E-state index in [2.05, 4.69) is 229 Å². The summed E-state index contributed by atoms with van der Waals surface area (Å²) in [6.45, 7) is 0. The Hall–Kier alpha value is -8.14. The average molecular weight is 778 g/mol. The minimum atomic E-state index is 0.877. The second kappa shape index (κ2) is 15.6. The average Bonchev–Trinajstić information content (AvgIpc) is 3.35. The summed E-state index contributed by atoms with van der Waals surface area (Å²) in [6, 6.07) is 84.0. The number of hydrogen-bond donors (Lipinski definition) is 0. The van der Waals surface area contributed by atoms with Crippen molar-refractivity contribution in [2.75, 3.05) is 4.90 Å². The van der Waals surface area contributed by atoms with Gasteiger partial charge in [-0.3, -0.25) is 0 Å². The minimum Gasteiger partial charge on any atom is -0.311 e. The van der Waals surface area contributed by atoms with E-state index in [1.165, 1.54) is 27.6 Å². The van der Waals surface area contributed by atoms with Crippen LogP contribution in [0.3, 0.4) is 0 Å². The maximum Gasteiger partial charge on any atom is 0.0979 e. The van der Waals surface area contributed by atoms with Crippen LogP contribution in [0.2, 0.25) is 0 Å².